The van der Waals surface area contributed by atoms with Gasteiger partial charge in [0.2, 0.25) is 12.2 Å². The summed E-state index contributed by atoms with van der Waals surface area (Å²) >= 11 is 0. The Balaban J connectivity index is 1.19. The van der Waals surface area contributed by atoms with Crippen molar-refractivity contribution in [1.82, 2.24) is 4.90 Å². The number of ether oxygens (including phenoxy) is 4. The first kappa shape index (κ1) is 50.6. The van der Waals surface area contributed by atoms with Crippen LogP contribution in [0.3, 0.4) is 0 Å². The highest BCUT2D eigenvalue weighted by atomic mass is 16.6. The fourth-order valence-corrected chi connectivity index (χ4v) is 8.12. The highest BCUT2D eigenvalue weighted by Gasteiger charge is 2.52. The van der Waals surface area contributed by atoms with Gasteiger partial charge in [-0.05, 0) is 90.0 Å². The maximum Gasteiger partial charge on any atom is 0.339 e. The molecule has 65 heavy (non-hydrogen) atoms. The molecule has 1 heterocycles. The van der Waals surface area contributed by atoms with Crippen molar-refractivity contribution in [3.8, 4) is 33.8 Å². The van der Waals surface area contributed by atoms with Crippen LogP contribution in [0.1, 0.15) is 170 Å². The Hall–Kier alpha value is -5.44. The van der Waals surface area contributed by atoms with Gasteiger partial charge in [-0.1, -0.05) is 178 Å². The van der Waals surface area contributed by atoms with Crippen molar-refractivity contribution < 1.29 is 38.1 Å². The van der Waals surface area contributed by atoms with Crippen molar-refractivity contribution in [2.45, 2.75) is 161 Å². The van der Waals surface area contributed by atoms with E-state index in [2.05, 4.69) is 20.8 Å². The first-order chi connectivity index (χ1) is 31.8. The number of imide groups is 1. The van der Waals surface area contributed by atoms with Gasteiger partial charge in [-0.2, -0.15) is 0 Å². The third-order valence-corrected chi connectivity index (χ3v) is 12.1. The average Bonchev–Trinajstić information content (AvgIpc) is 3.55. The average molecular weight is 888 g/mol. The fraction of sp³-hybridized carbons (Fsp3) is 0.500. The molecule has 4 aromatic rings. The van der Waals surface area contributed by atoms with Crippen LogP contribution in [0.5, 0.6) is 11.5 Å². The molecular formula is C56H73NO8. The van der Waals surface area contributed by atoms with Gasteiger partial charge in [0.25, 0.3) is 11.8 Å². The van der Waals surface area contributed by atoms with E-state index in [9.17, 15) is 19.2 Å². The first-order valence-electron chi connectivity index (χ1n) is 24.8. The summed E-state index contributed by atoms with van der Waals surface area (Å²) in [7, 11) is 0. The van der Waals surface area contributed by atoms with Crippen LogP contribution >= 0.6 is 0 Å². The van der Waals surface area contributed by atoms with E-state index in [-0.39, 0.29) is 17.7 Å². The number of rotatable bonds is 31. The second kappa shape index (κ2) is 28.5. The molecule has 1 fully saturated rings. The molecule has 0 radical (unpaired) electrons. The quantitative estimate of drug-likeness (QED) is 0.0279. The molecule has 0 unspecified atom stereocenters. The lowest BCUT2D eigenvalue weighted by atomic mass is 10.0. The summed E-state index contributed by atoms with van der Waals surface area (Å²) in [4.78, 5) is 55.9. The summed E-state index contributed by atoms with van der Waals surface area (Å²) in [5.74, 6) is -1.33. The SMILES string of the molecule is CCCCCCCCCCN1C(=O)[C@H](OC(=O)c2ccc(-c3ccc(OCCCCCCCC)cc3)cc2)[C@@H](OC(=O)c2ccc(-c3ccc(OCCCCCCCC)cc3)cc2)C1=O. The Morgan fingerprint density at radius 3 is 1.03 bits per heavy atom. The fourth-order valence-electron chi connectivity index (χ4n) is 8.12. The van der Waals surface area contributed by atoms with E-state index in [1.807, 2.05) is 48.5 Å². The molecular weight excluding hydrogens is 815 g/mol. The minimum absolute atomic E-state index is 0.157. The standard InChI is InChI=1S/C56H73NO8/c1-4-7-10-13-16-17-18-21-40-57-53(58)51(64-55(60)47-28-24-43(25-29-47)45-32-36-49(37-33-45)62-41-22-19-14-11-8-5-2)52(54(57)59)65-56(61)48-30-26-44(27-31-48)46-34-38-50(39-35-46)63-42-23-20-15-12-9-6-3/h24-39,51-52H,4-23,40-42H2,1-3H3/t51-,52-/m1/s1. The zero-order valence-electron chi connectivity index (χ0n) is 39.4. The van der Waals surface area contributed by atoms with Crippen molar-refractivity contribution in [2.24, 2.45) is 0 Å². The third-order valence-electron chi connectivity index (χ3n) is 12.1. The van der Waals surface area contributed by atoms with Gasteiger partial charge < -0.3 is 18.9 Å². The van der Waals surface area contributed by atoms with Gasteiger partial charge >= 0.3 is 11.9 Å². The number of benzene rings is 4. The molecule has 9 nitrogen and oxygen atoms in total. The minimum atomic E-state index is -1.61. The van der Waals surface area contributed by atoms with Crippen LogP contribution in [0.25, 0.3) is 22.3 Å². The summed E-state index contributed by atoms with van der Waals surface area (Å²) in [6.07, 6.45) is 19.6. The summed E-state index contributed by atoms with van der Waals surface area (Å²) in [5.41, 5.74) is 4.07. The smallest absolute Gasteiger partial charge is 0.339 e. The maximum absolute atomic E-state index is 13.8. The molecule has 0 aromatic heterocycles. The Morgan fingerprint density at radius 1 is 0.400 bits per heavy atom. The summed E-state index contributed by atoms with van der Waals surface area (Å²) in [6, 6.07) is 29.4. The number of amides is 2. The molecule has 0 aliphatic carbocycles. The lowest BCUT2D eigenvalue weighted by molar-refractivity contribution is -0.141. The van der Waals surface area contributed by atoms with Crippen molar-refractivity contribution in [2.75, 3.05) is 19.8 Å². The van der Waals surface area contributed by atoms with E-state index in [1.165, 1.54) is 83.5 Å². The van der Waals surface area contributed by atoms with E-state index >= 15 is 0 Å². The van der Waals surface area contributed by atoms with Crippen molar-refractivity contribution >= 4 is 23.8 Å². The number of carbonyl (C=O) groups is 4. The van der Waals surface area contributed by atoms with Crippen molar-refractivity contribution in [3.63, 3.8) is 0 Å². The largest absolute Gasteiger partial charge is 0.494 e. The van der Waals surface area contributed by atoms with E-state index in [0.717, 1.165) is 77.2 Å². The lowest BCUT2D eigenvalue weighted by Gasteiger charge is -2.17. The predicted octanol–water partition coefficient (Wildman–Crippen LogP) is 13.8. The summed E-state index contributed by atoms with van der Waals surface area (Å²) in [5, 5.41) is 0. The van der Waals surface area contributed by atoms with Gasteiger partial charge in [-0.15, -0.1) is 0 Å². The van der Waals surface area contributed by atoms with Crippen LogP contribution in [0.2, 0.25) is 0 Å². The molecule has 1 aliphatic heterocycles. The van der Waals surface area contributed by atoms with Gasteiger partial charge in [0.05, 0.1) is 24.3 Å². The molecule has 0 saturated carbocycles. The first-order valence-corrected chi connectivity index (χ1v) is 24.8. The highest BCUT2D eigenvalue weighted by molar-refractivity contribution is 6.10. The van der Waals surface area contributed by atoms with Gasteiger partial charge in [0.1, 0.15) is 11.5 Å². The number of unbranched alkanes of at least 4 members (excludes halogenated alkanes) is 17. The summed E-state index contributed by atoms with van der Waals surface area (Å²) in [6.45, 7) is 8.16. The van der Waals surface area contributed by atoms with Gasteiger partial charge in [-0.25, -0.2) is 9.59 Å². The molecule has 350 valence electrons. The van der Waals surface area contributed by atoms with Crippen molar-refractivity contribution in [1.29, 1.82) is 0 Å². The Kier molecular flexibility index (Phi) is 22.1. The Bertz CT molecular complexity index is 1870. The molecule has 4 aromatic carbocycles. The van der Waals surface area contributed by atoms with E-state index < -0.39 is 36.0 Å². The van der Waals surface area contributed by atoms with E-state index in [0.29, 0.717) is 19.6 Å². The molecule has 1 saturated heterocycles. The number of likely N-dealkylation sites (tertiary alicyclic amines) is 1. The monoisotopic (exact) mass is 888 g/mol. The normalized spacial score (nSPS) is 14.7. The number of hydrogen-bond acceptors (Lipinski definition) is 8. The second-order valence-corrected chi connectivity index (χ2v) is 17.4. The maximum atomic E-state index is 13.8. The van der Waals surface area contributed by atoms with E-state index in [4.69, 9.17) is 18.9 Å². The molecule has 2 amide bonds. The zero-order valence-corrected chi connectivity index (χ0v) is 39.4. The number of carbonyl (C=O) groups excluding carboxylic acids is 4. The third kappa shape index (κ3) is 16.5. The van der Waals surface area contributed by atoms with E-state index in [1.54, 1.807) is 48.5 Å². The molecule has 9 heteroatoms. The molecule has 2 atom stereocenters. The van der Waals surface area contributed by atoms with Crippen LogP contribution in [-0.2, 0) is 19.1 Å². The zero-order chi connectivity index (χ0) is 46.1. The molecule has 0 N–H and O–H groups in total. The Morgan fingerprint density at radius 2 is 0.692 bits per heavy atom. The van der Waals surface area contributed by atoms with Gasteiger partial charge in [-0.3, -0.25) is 14.5 Å². The molecule has 0 bridgehead atoms. The van der Waals surface area contributed by atoms with Crippen molar-refractivity contribution in [3.05, 3.63) is 108 Å². The molecule has 5 rings (SSSR count). The van der Waals surface area contributed by atoms with Gasteiger partial charge in [0, 0.05) is 6.54 Å². The van der Waals surface area contributed by atoms with Crippen LogP contribution in [0.4, 0.5) is 0 Å². The number of esters is 2. The lowest BCUT2D eigenvalue weighted by Crippen LogP contribution is -2.37. The Labute approximate surface area is 388 Å². The number of nitrogens with zero attached hydrogens (tertiary/aromatic N) is 1. The topological polar surface area (TPSA) is 108 Å². The van der Waals surface area contributed by atoms with Crippen LogP contribution < -0.4 is 9.47 Å². The minimum Gasteiger partial charge on any atom is -0.494 e. The number of hydrogen-bond donors (Lipinski definition) is 0. The van der Waals surface area contributed by atoms with Crippen LogP contribution in [0, 0.1) is 0 Å². The highest BCUT2D eigenvalue weighted by Crippen LogP contribution is 2.28. The molecule has 1 aliphatic rings. The van der Waals surface area contributed by atoms with Crippen LogP contribution in [0.15, 0.2) is 97.1 Å². The van der Waals surface area contributed by atoms with Crippen LogP contribution in [-0.4, -0.2) is 60.6 Å². The predicted molar refractivity (Wildman–Crippen MR) is 259 cm³/mol. The second-order valence-electron chi connectivity index (χ2n) is 17.4. The summed E-state index contributed by atoms with van der Waals surface area (Å²) < 4.78 is 23.4. The van der Waals surface area contributed by atoms with Gasteiger partial charge in [0.15, 0.2) is 0 Å². The molecule has 0 spiro atoms.